The summed E-state index contributed by atoms with van der Waals surface area (Å²) in [5.74, 6) is -0.781. The van der Waals surface area contributed by atoms with Crippen LogP contribution in [0.25, 0.3) is 0 Å². The summed E-state index contributed by atoms with van der Waals surface area (Å²) in [4.78, 5) is 26.6. The Morgan fingerprint density at radius 1 is 1.00 bits per heavy atom. The van der Waals surface area contributed by atoms with E-state index in [1.54, 1.807) is 48.5 Å². The fourth-order valence-electron chi connectivity index (χ4n) is 3.52. The van der Waals surface area contributed by atoms with Gasteiger partial charge in [-0.3, -0.25) is 9.59 Å². The molecule has 0 unspecified atom stereocenters. The molecule has 1 aliphatic rings. The van der Waals surface area contributed by atoms with Crippen molar-refractivity contribution in [1.29, 1.82) is 0 Å². The molecule has 9 nitrogen and oxygen atoms in total. The summed E-state index contributed by atoms with van der Waals surface area (Å²) in [6.45, 7) is -0.575. The molecular formula is C20H22N2O7S. The maximum Gasteiger partial charge on any atom is 0.324 e. The van der Waals surface area contributed by atoms with Crippen molar-refractivity contribution in [2.24, 2.45) is 0 Å². The standard InChI is InChI=1S/C20H22N2O7S/c1-28-15-8-4-13(5-9-15)18-19(20(24)25)21(30(3,26)27)12-17(23)22(18)14-6-10-16(29-2)11-7-14/h4-11,18-19H,12H2,1-3H3,(H,24,25)/t18-,19+/m0/s1. The highest BCUT2D eigenvalue weighted by molar-refractivity contribution is 7.88. The van der Waals surface area contributed by atoms with Gasteiger partial charge in [-0.05, 0) is 42.0 Å². The topological polar surface area (TPSA) is 113 Å². The molecule has 2 aromatic carbocycles. The van der Waals surface area contributed by atoms with Gasteiger partial charge in [0.05, 0.1) is 33.1 Å². The van der Waals surface area contributed by atoms with Crippen molar-refractivity contribution < 1.29 is 32.6 Å². The largest absolute Gasteiger partial charge is 0.497 e. The molecule has 0 aliphatic carbocycles. The molecular weight excluding hydrogens is 412 g/mol. The van der Waals surface area contributed by atoms with E-state index in [0.717, 1.165) is 10.6 Å². The third-order valence-corrected chi connectivity index (χ3v) is 6.14. The van der Waals surface area contributed by atoms with Gasteiger partial charge in [0, 0.05) is 5.69 Å². The SMILES string of the molecule is COc1ccc([C@H]2[C@H](C(=O)O)N(S(C)(=O)=O)CC(=O)N2c2ccc(OC)cc2)cc1. The highest BCUT2D eigenvalue weighted by Crippen LogP contribution is 2.38. The quantitative estimate of drug-likeness (QED) is 0.733. The zero-order valence-corrected chi connectivity index (χ0v) is 17.5. The summed E-state index contributed by atoms with van der Waals surface area (Å²) >= 11 is 0. The second kappa shape index (κ2) is 8.33. The average molecular weight is 434 g/mol. The van der Waals surface area contributed by atoms with E-state index < -0.39 is 40.5 Å². The number of carbonyl (C=O) groups excluding carboxylic acids is 1. The number of benzene rings is 2. The van der Waals surface area contributed by atoms with Crippen LogP contribution in [0.2, 0.25) is 0 Å². The van der Waals surface area contributed by atoms with Crippen molar-refractivity contribution in [1.82, 2.24) is 4.31 Å². The summed E-state index contributed by atoms with van der Waals surface area (Å²) in [7, 11) is -0.963. The smallest absolute Gasteiger partial charge is 0.324 e. The van der Waals surface area contributed by atoms with E-state index in [2.05, 4.69) is 0 Å². The van der Waals surface area contributed by atoms with Crippen LogP contribution >= 0.6 is 0 Å². The van der Waals surface area contributed by atoms with Crippen molar-refractivity contribution in [3.8, 4) is 11.5 Å². The molecule has 30 heavy (non-hydrogen) atoms. The van der Waals surface area contributed by atoms with Gasteiger partial charge in [-0.2, -0.15) is 4.31 Å². The number of rotatable bonds is 6. The molecule has 0 aromatic heterocycles. The minimum atomic E-state index is -3.96. The number of amides is 1. The number of nitrogens with zero attached hydrogens (tertiary/aromatic N) is 2. The first-order valence-corrected chi connectivity index (χ1v) is 10.8. The first-order valence-electron chi connectivity index (χ1n) is 8.97. The number of sulfonamides is 1. The Hall–Kier alpha value is -3.11. The van der Waals surface area contributed by atoms with Crippen LogP contribution in [0.5, 0.6) is 11.5 Å². The van der Waals surface area contributed by atoms with Crippen LogP contribution in [0, 0.1) is 0 Å². The van der Waals surface area contributed by atoms with Crippen molar-refractivity contribution in [2.75, 3.05) is 31.9 Å². The highest BCUT2D eigenvalue weighted by Gasteiger charge is 2.49. The molecule has 1 heterocycles. The summed E-state index contributed by atoms with van der Waals surface area (Å²) < 4.78 is 35.6. The van der Waals surface area contributed by atoms with Crippen molar-refractivity contribution in [3.63, 3.8) is 0 Å². The summed E-state index contributed by atoms with van der Waals surface area (Å²) in [6, 6.07) is 10.5. The first-order chi connectivity index (χ1) is 14.2. The number of hydrogen-bond donors (Lipinski definition) is 1. The second-order valence-electron chi connectivity index (χ2n) is 6.77. The monoisotopic (exact) mass is 434 g/mol. The molecule has 0 spiro atoms. The van der Waals surface area contributed by atoms with Crippen LogP contribution in [-0.4, -0.2) is 62.8 Å². The van der Waals surface area contributed by atoms with Gasteiger partial charge in [0.2, 0.25) is 15.9 Å². The fraction of sp³-hybridized carbons (Fsp3) is 0.300. The normalized spacial score (nSPS) is 20.1. The van der Waals surface area contributed by atoms with Crippen molar-refractivity contribution >= 4 is 27.6 Å². The van der Waals surface area contributed by atoms with E-state index in [1.165, 1.54) is 19.1 Å². The molecule has 2 aromatic rings. The third kappa shape index (κ3) is 4.10. The Morgan fingerprint density at radius 2 is 1.50 bits per heavy atom. The van der Waals surface area contributed by atoms with Crippen LogP contribution in [0.1, 0.15) is 11.6 Å². The molecule has 1 aliphatic heterocycles. The lowest BCUT2D eigenvalue weighted by molar-refractivity contribution is -0.144. The van der Waals surface area contributed by atoms with Gasteiger partial charge in [-0.1, -0.05) is 12.1 Å². The van der Waals surface area contributed by atoms with Crippen molar-refractivity contribution in [3.05, 3.63) is 54.1 Å². The zero-order valence-electron chi connectivity index (χ0n) is 16.7. The van der Waals surface area contributed by atoms with E-state index in [1.807, 2.05) is 0 Å². The molecule has 10 heteroatoms. The van der Waals surface area contributed by atoms with Gasteiger partial charge < -0.3 is 19.5 Å². The Morgan fingerprint density at radius 3 is 1.93 bits per heavy atom. The van der Waals surface area contributed by atoms with Crippen LogP contribution in [0.4, 0.5) is 5.69 Å². The first kappa shape index (κ1) is 21.6. The van der Waals surface area contributed by atoms with Crippen LogP contribution in [0.15, 0.2) is 48.5 Å². The summed E-state index contributed by atoms with van der Waals surface area (Å²) in [5.41, 5.74) is 0.890. The van der Waals surface area contributed by atoms with E-state index >= 15 is 0 Å². The number of anilines is 1. The minimum Gasteiger partial charge on any atom is -0.497 e. The maximum atomic E-state index is 13.1. The van der Waals surface area contributed by atoms with E-state index in [4.69, 9.17) is 9.47 Å². The second-order valence-corrected chi connectivity index (χ2v) is 8.71. The lowest BCUT2D eigenvalue weighted by atomic mass is 9.94. The number of hydrogen-bond acceptors (Lipinski definition) is 6. The summed E-state index contributed by atoms with van der Waals surface area (Å²) in [6.07, 6.45) is 0.893. The van der Waals surface area contributed by atoms with Gasteiger partial charge >= 0.3 is 5.97 Å². The number of carboxylic acid groups (broad SMARTS) is 1. The van der Waals surface area contributed by atoms with Crippen LogP contribution in [-0.2, 0) is 19.6 Å². The molecule has 2 atom stereocenters. The van der Waals surface area contributed by atoms with Crippen molar-refractivity contribution in [2.45, 2.75) is 12.1 Å². The predicted octanol–water partition coefficient (Wildman–Crippen LogP) is 1.51. The van der Waals surface area contributed by atoms with Gasteiger partial charge in [0.15, 0.2) is 0 Å². The molecule has 1 saturated heterocycles. The minimum absolute atomic E-state index is 0.431. The Balaban J connectivity index is 2.19. The number of methoxy groups -OCH3 is 2. The lowest BCUT2D eigenvalue weighted by Crippen LogP contribution is -2.62. The molecule has 0 radical (unpaired) electrons. The number of ether oxygens (including phenoxy) is 2. The van der Waals surface area contributed by atoms with Gasteiger partial charge in [0.1, 0.15) is 17.5 Å². The molecule has 0 saturated carbocycles. The number of carboxylic acids is 1. The average Bonchev–Trinajstić information content (AvgIpc) is 2.72. The molecule has 1 N–H and O–H groups in total. The van der Waals surface area contributed by atoms with Crippen LogP contribution in [0.3, 0.4) is 0 Å². The van der Waals surface area contributed by atoms with Gasteiger partial charge in [0.25, 0.3) is 0 Å². The highest BCUT2D eigenvalue weighted by atomic mass is 32.2. The summed E-state index contributed by atoms with van der Waals surface area (Å²) in [5, 5.41) is 9.95. The molecule has 0 bridgehead atoms. The van der Waals surface area contributed by atoms with E-state index in [9.17, 15) is 23.1 Å². The molecule has 3 rings (SSSR count). The Labute approximate surface area is 174 Å². The Bertz CT molecular complexity index is 1040. The lowest BCUT2D eigenvalue weighted by Gasteiger charge is -2.44. The van der Waals surface area contributed by atoms with Gasteiger partial charge in [-0.15, -0.1) is 0 Å². The van der Waals surface area contributed by atoms with E-state index in [-0.39, 0.29) is 0 Å². The Kier molecular flexibility index (Phi) is 5.99. The van der Waals surface area contributed by atoms with Crippen LogP contribution < -0.4 is 14.4 Å². The number of aliphatic carboxylic acids is 1. The third-order valence-electron chi connectivity index (χ3n) is 4.93. The zero-order chi connectivity index (χ0) is 22.1. The fourth-order valence-corrected chi connectivity index (χ4v) is 4.49. The predicted molar refractivity (Wildman–Crippen MR) is 109 cm³/mol. The molecule has 1 amide bonds. The van der Waals surface area contributed by atoms with Gasteiger partial charge in [-0.25, -0.2) is 8.42 Å². The molecule has 1 fully saturated rings. The maximum absolute atomic E-state index is 13.1. The molecule has 160 valence electrons. The van der Waals surface area contributed by atoms with E-state index in [0.29, 0.717) is 22.7 Å². The number of carbonyl (C=O) groups is 2. The number of piperazine rings is 1.